The van der Waals surface area contributed by atoms with Gasteiger partial charge in [-0.2, -0.15) is 5.26 Å². The highest BCUT2D eigenvalue weighted by atomic mass is 16.5. The summed E-state index contributed by atoms with van der Waals surface area (Å²) in [6.07, 6.45) is 3.77. The van der Waals surface area contributed by atoms with Gasteiger partial charge in [0, 0.05) is 44.9 Å². The monoisotopic (exact) mass is 589 g/mol. The summed E-state index contributed by atoms with van der Waals surface area (Å²) >= 11 is 0. The lowest BCUT2D eigenvalue weighted by molar-refractivity contribution is -0.126. The Labute approximate surface area is 253 Å². The molecule has 0 radical (unpaired) electrons. The van der Waals surface area contributed by atoms with Crippen molar-refractivity contribution < 1.29 is 18.8 Å². The van der Waals surface area contributed by atoms with Gasteiger partial charge in [-0.05, 0) is 69.2 Å². The number of ether oxygens (including phenoxy) is 1. The van der Waals surface area contributed by atoms with Crippen molar-refractivity contribution in [3.63, 3.8) is 0 Å². The first-order valence-electron chi connectivity index (χ1n) is 14.8. The Morgan fingerprint density at radius 2 is 2.02 bits per heavy atom. The molecule has 1 aliphatic heterocycles. The van der Waals surface area contributed by atoms with Crippen LogP contribution in [0.4, 0.5) is 5.95 Å². The molecular weight excluding hydrogens is 546 g/mol. The van der Waals surface area contributed by atoms with Crippen molar-refractivity contribution in [2.45, 2.75) is 79.6 Å². The van der Waals surface area contributed by atoms with Crippen molar-refractivity contribution >= 4 is 28.8 Å². The van der Waals surface area contributed by atoms with Crippen LogP contribution >= 0.6 is 0 Å². The van der Waals surface area contributed by atoms with E-state index in [1.807, 2.05) is 37.5 Å². The van der Waals surface area contributed by atoms with Crippen LogP contribution in [-0.2, 0) is 22.6 Å². The van der Waals surface area contributed by atoms with Crippen molar-refractivity contribution in [1.82, 2.24) is 24.9 Å². The molecular formula is C32H43N7O4. The topological polar surface area (TPSA) is 138 Å². The molecule has 0 spiro atoms. The summed E-state index contributed by atoms with van der Waals surface area (Å²) in [5.74, 6) is -0.169. The minimum atomic E-state index is -0.722. The molecule has 4 rings (SSSR count). The largest absolute Gasteiger partial charge is 0.372 e. The smallest absolute Gasteiger partial charge is 0.296 e. The summed E-state index contributed by atoms with van der Waals surface area (Å²) in [4.78, 5) is 32.6. The van der Waals surface area contributed by atoms with E-state index in [-0.39, 0.29) is 28.6 Å². The van der Waals surface area contributed by atoms with Gasteiger partial charge in [0.05, 0.1) is 22.8 Å². The molecule has 0 bridgehead atoms. The molecule has 11 heteroatoms. The first-order valence-corrected chi connectivity index (χ1v) is 14.8. The lowest BCUT2D eigenvalue weighted by Gasteiger charge is -2.28. The fourth-order valence-electron chi connectivity index (χ4n) is 5.14. The zero-order chi connectivity index (χ0) is 31.4. The molecule has 2 atom stereocenters. The third-order valence-corrected chi connectivity index (χ3v) is 7.98. The van der Waals surface area contributed by atoms with Crippen LogP contribution in [0.15, 0.2) is 46.6 Å². The summed E-state index contributed by atoms with van der Waals surface area (Å²) in [6, 6.07) is 10.00. The number of nitriles is 1. The van der Waals surface area contributed by atoms with Crippen molar-refractivity contribution in [3.8, 4) is 6.07 Å². The van der Waals surface area contributed by atoms with Gasteiger partial charge in [0.25, 0.3) is 11.8 Å². The number of hydrogen-bond donors (Lipinski definition) is 2. The fourth-order valence-corrected chi connectivity index (χ4v) is 5.14. The van der Waals surface area contributed by atoms with E-state index in [9.17, 15) is 14.9 Å². The molecule has 1 aliphatic rings. The lowest BCUT2D eigenvalue weighted by atomic mass is 9.88. The number of benzene rings is 1. The van der Waals surface area contributed by atoms with E-state index >= 15 is 0 Å². The molecule has 230 valence electrons. The number of nitrogens with zero attached hydrogens (tertiary/aromatic N) is 5. The molecule has 0 aliphatic carbocycles. The summed E-state index contributed by atoms with van der Waals surface area (Å²) in [5.41, 5.74) is 2.21. The van der Waals surface area contributed by atoms with Crippen molar-refractivity contribution in [3.05, 3.63) is 53.4 Å². The molecule has 11 nitrogen and oxygen atoms in total. The van der Waals surface area contributed by atoms with E-state index in [0.29, 0.717) is 44.8 Å². The van der Waals surface area contributed by atoms with Crippen molar-refractivity contribution in [2.75, 3.05) is 25.0 Å². The Hall–Kier alpha value is -4.01. The minimum Gasteiger partial charge on any atom is -0.372 e. The van der Waals surface area contributed by atoms with Crippen LogP contribution in [0, 0.1) is 22.7 Å². The molecule has 2 amide bonds. The molecule has 3 aromatic rings. The van der Waals surface area contributed by atoms with Gasteiger partial charge in [-0.3, -0.25) is 14.9 Å². The van der Waals surface area contributed by atoms with Crippen LogP contribution in [-0.4, -0.2) is 62.8 Å². The Bertz CT molecular complexity index is 1510. The second kappa shape index (κ2) is 13.1. The quantitative estimate of drug-likeness (QED) is 0.238. The average Bonchev–Trinajstić information content (AvgIpc) is 3.71. The molecule has 1 saturated heterocycles. The van der Waals surface area contributed by atoms with Crippen LogP contribution in [0.3, 0.4) is 0 Å². The lowest BCUT2D eigenvalue weighted by Crippen LogP contribution is -2.37. The minimum absolute atomic E-state index is 0.0779. The van der Waals surface area contributed by atoms with E-state index in [1.54, 1.807) is 11.0 Å². The number of likely N-dealkylation sites (tertiary alicyclic amines) is 1. The van der Waals surface area contributed by atoms with E-state index in [1.165, 1.54) is 12.3 Å². The predicted molar refractivity (Wildman–Crippen MR) is 164 cm³/mol. The maximum absolute atomic E-state index is 13.3. The summed E-state index contributed by atoms with van der Waals surface area (Å²) in [5, 5.41) is 19.8. The molecule has 1 aromatic carbocycles. The highest BCUT2D eigenvalue weighted by Crippen LogP contribution is 2.28. The SMILES string of the molecule is CCOC(C)(C)C=C(C#N)C(=O)N1CCC(Cn2c(NC(=O)c3ccno3)nc3cc(CNC(C)C(C)(C)C)ccc32)C1. The number of anilines is 1. The third-order valence-electron chi connectivity index (χ3n) is 7.98. The normalized spacial score (nSPS) is 16.8. The molecule has 3 heterocycles. The maximum Gasteiger partial charge on any atom is 0.296 e. The van der Waals surface area contributed by atoms with Crippen molar-refractivity contribution in [2.24, 2.45) is 11.3 Å². The predicted octanol–water partition coefficient (Wildman–Crippen LogP) is 4.91. The molecule has 2 aromatic heterocycles. The van der Waals surface area contributed by atoms with Crippen LogP contribution in [0.5, 0.6) is 0 Å². The van der Waals surface area contributed by atoms with Gasteiger partial charge in [-0.25, -0.2) is 4.98 Å². The summed E-state index contributed by atoms with van der Waals surface area (Å²) in [7, 11) is 0. The van der Waals surface area contributed by atoms with Crippen LogP contribution in [0.25, 0.3) is 11.0 Å². The number of carbonyl (C=O) groups excluding carboxylic acids is 2. The van der Waals surface area contributed by atoms with Gasteiger partial charge in [0.1, 0.15) is 11.6 Å². The maximum atomic E-state index is 13.3. The number of fused-ring (bicyclic) bond motifs is 1. The van der Waals surface area contributed by atoms with Gasteiger partial charge in [-0.15, -0.1) is 0 Å². The molecule has 43 heavy (non-hydrogen) atoms. The third kappa shape index (κ3) is 7.89. The first-order chi connectivity index (χ1) is 20.3. The van der Waals surface area contributed by atoms with E-state index in [4.69, 9.17) is 14.2 Å². The van der Waals surface area contributed by atoms with Crippen LogP contribution in [0.2, 0.25) is 0 Å². The standard InChI is InChI=1S/C32H43N7O4/c1-8-42-32(6,7)16-24(17-33)29(41)38-14-12-23(19-38)20-39-26-10-9-22(18-34-21(2)31(3,4)5)15-25(26)36-30(39)37-28(40)27-11-13-35-43-27/h9-11,13,15-16,21,23,34H,8,12,14,18-20H2,1-7H3,(H,36,37,40). The summed E-state index contributed by atoms with van der Waals surface area (Å²) in [6.45, 7) is 17.0. The van der Waals surface area contributed by atoms with E-state index in [0.717, 1.165) is 23.0 Å². The molecule has 2 unspecified atom stereocenters. The number of imidazole rings is 1. The zero-order valence-corrected chi connectivity index (χ0v) is 26.2. The Kier molecular flexibility index (Phi) is 9.72. The van der Waals surface area contributed by atoms with Gasteiger partial charge < -0.3 is 24.0 Å². The van der Waals surface area contributed by atoms with Crippen LogP contribution < -0.4 is 10.6 Å². The average molecular weight is 590 g/mol. The second-order valence-corrected chi connectivity index (χ2v) is 12.8. The van der Waals surface area contributed by atoms with Crippen molar-refractivity contribution in [1.29, 1.82) is 5.26 Å². The number of carbonyl (C=O) groups is 2. The summed E-state index contributed by atoms with van der Waals surface area (Å²) < 4.78 is 12.7. The number of nitrogens with one attached hydrogen (secondary N) is 2. The number of aromatic nitrogens is 3. The highest BCUT2D eigenvalue weighted by molar-refractivity contribution is 6.02. The Balaban J connectivity index is 1.56. The van der Waals surface area contributed by atoms with Gasteiger partial charge in [0.15, 0.2) is 0 Å². The van der Waals surface area contributed by atoms with E-state index in [2.05, 4.69) is 55.6 Å². The van der Waals surface area contributed by atoms with Gasteiger partial charge in [0.2, 0.25) is 11.7 Å². The highest BCUT2D eigenvalue weighted by Gasteiger charge is 2.31. The molecule has 2 N–H and O–H groups in total. The second-order valence-electron chi connectivity index (χ2n) is 12.8. The zero-order valence-electron chi connectivity index (χ0n) is 26.2. The van der Waals surface area contributed by atoms with Crippen LogP contribution in [0.1, 0.15) is 71.0 Å². The van der Waals surface area contributed by atoms with Gasteiger partial charge in [-0.1, -0.05) is 32.0 Å². The number of amides is 2. The Morgan fingerprint density at radius 3 is 2.67 bits per heavy atom. The fraction of sp³-hybridized carbons (Fsp3) is 0.531. The van der Waals surface area contributed by atoms with Gasteiger partial charge >= 0.3 is 0 Å². The Morgan fingerprint density at radius 1 is 1.26 bits per heavy atom. The first kappa shape index (κ1) is 31.9. The van der Waals surface area contributed by atoms with E-state index < -0.39 is 11.5 Å². The number of hydrogen-bond acceptors (Lipinski definition) is 8. The molecule has 1 fully saturated rings. The number of rotatable bonds is 11. The molecule has 0 saturated carbocycles.